The van der Waals surface area contributed by atoms with E-state index in [-0.39, 0.29) is 12.8 Å². The number of hydrogen-bond acceptors (Lipinski definition) is 2. The van der Waals surface area contributed by atoms with Crippen LogP contribution in [0.3, 0.4) is 0 Å². The van der Waals surface area contributed by atoms with Gasteiger partial charge in [0, 0.05) is 12.5 Å². The molecule has 2 aromatic rings. The molecule has 2 rings (SSSR count). The Kier molecular flexibility index (Phi) is 4.93. The van der Waals surface area contributed by atoms with Crippen molar-refractivity contribution in [2.75, 3.05) is 0 Å². The fourth-order valence-electron chi connectivity index (χ4n) is 1.91. The molecule has 0 aromatic heterocycles. The topological polar surface area (TPSA) is 46.5 Å². The molecule has 0 aliphatic rings. The molecule has 110 valence electrons. The van der Waals surface area contributed by atoms with Gasteiger partial charge < -0.3 is 9.84 Å². The second-order valence-electron chi connectivity index (χ2n) is 4.92. The Labute approximate surface area is 123 Å². The van der Waals surface area contributed by atoms with Crippen LogP contribution in [0.25, 0.3) is 0 Å². The van der Waals surface area contributed by atoms with Crippen molar-refractivity contribution in [1.82, 2.24) is 0 Å². The van der Waals surface area contributed by atoms with Gasteiger partial charge in [0.25, 0.3) is 0 Å². The van der Waals surface area contributed by atoms with Gasteiger partial charge in [0.05, 0.1) is 0 Å². The molecule has 0 bridgehead atoms. The fraction of sp³-hybridized carbons (Fsp3) is 0.235. The summed E-state index contributed by atoms with van der Waals surface area (Å²) in [5.41, 5.74) is 2.57. The Bertz CT molecular complexity index is 620. The number of hydrogen-bond donors (Lipinski definition) is 1. The van der Waals surface area contributed by atoms with Gasteiger partial charge in [-0.3, -0.25) is 4.79 Å². The van der Waals surface area contributed by atoms with Crippen LogP contribution in [-0.2, 0) is 17.8 Å². The summed E-state index contributed by atoms with van der Waals surface area (Å²) < 4.78 is 19.3. The lowest BCUT2D eigenvalue weighted by Crippen LogP contribution is -2.00. The molecule has 0 saturated heterocycles. The van der Waals surface area contributed by atoms with Crippen molar-refractivity contribution in [3.05, 3.63) is 65.0 Å². The van der Waals surface area contributed by atoms with E-state index in [0.717, 1.165) is 5.56 Å². The van der Waals surface area contributed by atoms with Crippen LogP contribution in [-0.4, -0.2) is 11.1 Å². The molecule has 0 radical (unpaired) electrons. The summed E-state index contributed by atoms with van der Waals surface area (Å²) in [5.74, 6) is -0.932. The second-order valence-corrected chi connectivity index (χ2v) is 4.92. The van der Waals surface area contributed by atoms with Crippen molar-refractivity contribution in [3.8, 4) is 5.75 Å². The zero-order chi connectivity index (χ0) is 15.2. The molecule has 0 atom stereocenters. The molecule has 0 fully saturated rings. The zero-order valence-corrected chi connectivity index (χ0v) is 11.8. The van der Waals surface area contributed by atoms with Crippen LogP contribution in [0.15, 0.2) is 42.5 Å². The van der Waals surface area contributed by atoms with Crippen LogP contribution in [0.4, 0.5) is 4.39 Å². The molecule has 0 saturated carbocycles. The smallest absolute Gasteiger partial charge is 0.303 e. The molecule has 21 heavy (non-hydrogen) atoms. The van der Waals surface area contributed by atoms with Gasteiger partial charge in [0.15, 0.2) is 0 Å². The first kappa shape index (κ1) is 15.0. The number of benzene rings is 2. The summed E-state index contributed by atoms with van der Waals surface area (Å²) >= 11 is 0. The predicted octanol–water partition coefficient (Wildman–Crippen LogP) is 3.73. The van der Waals surface area contributed by atoms with E-state index >= 15 is 0 Å². The number of ether oxygens (including phenoxy) is 1. The first-order valence-electron chi connectivity index (χ1n) is 6.73. The Morgan fingerprint density at radius 2 is 1.90 bits per heavy atom. The number of aryl methyl sites for hydroxylation is 2. The molecule has 0 amide bonds. The molecule has 0 heterocycles. The third kappa shape index (κ3) is 4.60. The predicted molar refractivity (Wildman–Crippen MR) is 77.9 cm³/mol. The maximum atomic E-state index is 13.8. The maximum Gasteiger partial charge on any atom is 0.303 e. The fourth-order valence-corrected chi connectivity index (χ4v) is 1.91. The SMILES string of the molecule is Cc1ccc(COc2ccc(CCC(=O)O)c(F)c2)cc1. The summed E-state index contributed by atoms with van der Waals surface area (Å²) in [7, 11) is 0. The molecule has 2 aromatic carbocycles. The number of halogens is 1. The van der Waals surface area contributed by atoms with Gasteiger partial charge in [-0.05, 0) is 30.5 Å². The normalized spacial score (nSPS) is 10.4. The average Bonchev–Trinajstić information content (AvgIpc) is 2.45. The summed E-state index contributed by atoms with van der Waals surface area (Å²) in [5, 5.41) is 8.60. The minimum atomic E-state index is -0.936. The molecule has 0 spiro atoms. The van der Waals surface area contributed by atoms with E-state index < -0.39 is 11.8 Å². The van der Waals surface area contributed by atoms with Crippen molar-refractivity contribution in [3.63, 3.8) is 0 Å². The van der Waals surface area contributed by atoms with E-state index in [0.29, 0.717) is 17.9 Å². The number of carbonyl (C=O) groups is 1. The van der Waals surface area contributed by atoms with E-state index in [1.807, 2.05) is 31.2 Å². The second kappa shape index (κ2) is 6.88. The van der Waals surface area contributed by atoms with Crippen LogP contribution in [0.1, 0.15) is 23.1 Å². The van der Waals surface area contributed by atoms with Crippen molar-refractivity contribution in [2.45, 2.75) is 26.4 Å². The Morgan fingerprint density at radius 1 is 1.19 bits per heavy atom. The lowest BCUT2D eigenvalue weighted by molar-refractivity contribution is -0.136. The monoisotopic (exact) mass is 288 g/mol. The van der Waals surface area contributed by atoms with E-state index in [1.165, 1.54) is 11.6 Å². The molecule has 4 heteroatoms. The van der Waals surface area contributed by atoms with Crippen molar-refractivity contribution < 1.29 is 19.0 Å². The van der Waals surface area contributed by atoms with E-state index in [2.05, 4.69) is 0 Å². The van der Waals surface area contributed by atoms with E-state index in [9.17, 15) is 9.18 Å². The van der Waals surface area contributed by atoms with Gasteiger partial charge in [-0.15, -0.1) is 0 Å². The maximum absolute atomic E-state index is 13.8. The highest BCUT2D eigenvalue weighted by molar-refractivity contribution is 5.67. The van der Waals surface area contributed by atoms with Crippen molar-refractivity contribution in [2.24, 2.45) is 0 Å². The van der Waals surface area contributed by atoms with Crippen LogP contribution < -0.4 is 4.74 Å². The first-order chi connectivity index (χ1) is 10.0. The molecule has 0 aliphatic heterocycles. The largest absolute Gasteiger partial charge is 0.489 e. The van der Waals surface area contributed by atoms with E-state index in [1.54, 1.807) is 12.1 Å². The van der Waals surface area contributed by atoms with Crippen LogP contribution in [0.5, 0.6) is 5.75 Å². The van der Waals surface area contributed by atoms with Gasteiger partial charge in [0.2, 0.25) is 0 Å². The molecule has 1 N–H and O–H groups in total. The number of carboxylic acid groups (broad SMARTS) is 1. The highest BCUT2D eigenvalue weighted by atomic mass is 19.1. The quantitative estimate of drug-likeness (QED) is 0.881. The first-order valence-corrected chi connectivity index (χ1v) is 6.73. The summed E-state index contributed by atoms with van der Waals surface area (Å²) in [6.45, 7) is 2.38. The van der Waals surface area contributed by atoms with Gasteiger partial charge >= 0.3 is 5.97 Å². The molecule has 3 nitrogen and oxygen atoms in total. The molecular formula is C17H17FO3. The Balaban J connectivity index is 1.96. The number of carboxylic acids is 1. The Morgan fingerprint density at radius 3 is 2.52 bits per heavy atom. The Hall–Kier alpha value is -2.36. The third-order valence-electron chi connectivity index (χ3n) is 3.16. The van der Waals surface area contributed by atoms with Crippen molar-refractivity contribution >= 4 is 5.97 Å². The summed E-state index contributed by atoms with van der Waals surface area (Å²) in [6.07, 6.45) is 0.0971. The summed E-state index contributed by atoms with van der Waals surface area (Å²) in [4.78, 5) is 10.5. The number of aliphatic carboxylic acids is 1. The zero-order valence-electron chi connectivity index (χ0n) is 11.8. The van der Waals surface area contributed by atoms with Gasteiger partial charge in [-0.2, -0.15) is 0 Å². The average molecular weight is 288 g/mol. The summed E-state index contributed by atoms with van der Waals surface area (Å²) in [6, 6.07) is 12.4. The van der Waals surface area contributed by atoms with Crippen LogP contribution in [0.2, 0.25) is 0 Å². The van der Waals surface area contributed by atoms with Crippen LogP contribution in [0, 0.1) is 12.7 Å². The lowest BCUT2D eigenvalue weighted by Gasteiger charge is -2.08. The minimum Gasteiger partial charge on any atom is -0.489 e. The highest BCUT2D eigenvalue weighted by Gasteiger charge is 2.07. The van der Waals surface area contributed by atoms with Crippen molar-refractivity contribution in [1.29, 1.82) is 0 Å². The highest BCUT2D eigenvalue weighted by Crippen LogP contribution is 2.19. The number of rotatable bonds is 6. The molecule has 0 unspecified atom stereocenters. The molecular weight excluding hydrogens is 271 g/mol. The lowest BCUT2D eigenvalue weighted by atomic mass is 10.1. The van der Waals surface area contributed by atoms with Crippen LogP contribution >= 0.6 is 0 Å². The van der Waals surface area contributed by atoms with Gasteiger partial charge in [-0.25, -0.2) is 4.39 Å². The van der Waals surface area contributed by atoms with Gasteiger partial charge in [0.1, 0.15) is 18.2 Å². The standard InChI is InChI=1S/C17H17FO3/c1-12-2-4-13(5-3-12)11-21-15-8-6-14(16(18)10-15)7-9-17(19)20/h2-6,8,10H,7,9,11H2,1H3,(H,19,20). The van der Waals surface area contributed by atoms with E-state index in [4.69, 9.17) is 9.84 Å². The third-order valence-corrected chi connectivity index (χ3v) is 3.16. The molecule has 0 aliphatic carbocycles. The minimum absolute atomic E-state index is 0.0828. The van der Waals surface area contributed by atoms with Gasteiger partial charge in [-0.1, -0.05) is 35.9 Å².